The topological polar surface area (TPSA) is 21.3 Å². The maximum Gasteiger partial charge on any atom is 0.159 e. The summed E-state index contributed by atoms with van der Waals surface area (Å²) in [6.45, 7) is 3.52. The summed E-state index contributed by atoms with van der Waals surface area (Å²) in [5.74, 6) is -1.60. The van der Waals surface area contributed by atoms with E-state index in [9.17, 15) is 8.78 Å². The molecule has 0 fully saturated rings. The molecule has 4 heteroatoms. The second-order valence-corrected chi connectivity index (χ2v) is 4.06. The molecule has 1 aromatic carbocycles. The van der Waals surface area contributed by atoms with E-state index in [1.807, 2.05) is 0 Å². The molecule has 1 unspecified atom stereocenters. The molecular formula is C13H19F2NO. The molecule has 0 aliphatic carbocycles. The van der Waals surface area contributed by atoms with Crippen LogP contribution in [0.5, 0.6) is 0 Å². The van der Waals surface area contributed by atoms with E-state index in [1.165, 1.54) is 6.07 Å². The minimum atomic E-state index is -0.807. The lowest BCUT2D eigenvalue weighted by Crippen LogP contribution is -2.35. The summed E-state index contributed by atoms with van der Waals surface area (Å²) in [7, 11) is 1.63. The van der Waals surface area contributed by atoms with E-state index in [-0.39, 0.29) is 6.04 Å². The van der Waals surface area contributed by atoms with E-state index in [2.05, 4.69) is 12.2 Å². The maximum absolute atomic E-state index is 13.0. The second-order valence-electron chi connectivity index (χ2n) is 4.06. The molecular weight excluding hydrogens is 224 g/mol. The van der Waals surface area contributed by atoms with E-state index in [4.69, 9.17) is 4.74 Å². The zero-order chi connectivity index (χ0) is 12.7. The third-order valence-electron chi connectivity index (χ3n) is 2.52. The second kappa shape index (κ2) is 7.35. The first kappa shape index (κ1) is 14.1. The van der Waals surface area contributed by atoms with Crippen molar-refractivity contribution in [3.05, 3.63) is 35.4 Å². The van der Waals surface area contributed by atoms with Crippen LogP contribution < -0.4 is 5.32 Å². The molecule has 0 radical (unpaired) electrons. The lowest BCUT2D eigenvalue weighted by molar-refractivity contribution is 0.166. The molecule has 0 spiro atoms. The van der Waals surface area contributed by atoms with Crippen LogP contribution in [0.1, 0.15) is 18.9 Å². The van der Waals surface area contributed by atoms with E-state index < -0.39 is 11.6 Å². The number of hydrogen-bond acceptors (Lipinski definition) is 2. The molecule has 0 aliphatic rings. The van der Waals surface area contributed by atoms with Crippen LogP contribution in [0, 0.1) is 11.6 Å². The van der Waals surface area contributed by atoms with Gasteiger partial charge in [-0.2, -0.15) is 0 Å². The van der Waals surface area contributed by atoms with Gasteiger partial charge in [0.15, 0.2) is 11.6 Å². The van der Waals surface area contributed by atoms with Crippen LogP contribution in [0.4, 0.5) is 8.78 Å². The maximum atomic E-state index is 13.0. The van der Waals surface area contributed by atoms with Crippen molar-refractivity contribution in [1.82, 2.24) is 5.32 Å². The van der Waals surface area contributed by atoms with Gasteiger partial charge in [0, 0.05) is 13.2 Å². The van der Waals surface area contributed by atoms with Gasteiger partial charge in [0.05, 0.1) is 6.61 Å². The Hall–Kier alpha value is -1.00. The van der Waals surface area contributed by atoms with Crippen LogP contribution in [0.3, 0.4) is 0 Å². The first-order valence-electron chi connectivity index (χ1n) is 5.83. The summed E-state index contributed by atoms with van der Waals surface area (Å²) in [5.41, 5.74) is 0.773. The molecule has 0 bridgehead atoms. The van der Waals surface area contributed by atoms with Crippen LogP contribution in [0.2, 0.25) is 0 Å². The Morgan fingerprint density at radius 2 is 2.06 bits per heavy atom. The van der Waals surface area contributed by atoms with Gasteiger partial charge in [-0.25, -0.2) is 8.78 Å². The molecule has 0 amide bonds. The van der Waals surface area contributed by atoms with Crippen LogP contribution >= 0.6 is 0 Å². The number of hydrogen-bond donors (Lipinski definition) is 1. The summed E-state index contributed by atoms with van der Waals surface area (Å²) < 4.78 is 30.9. The molecule has 1 aromatic rings. The number of nitrogens with one attached hydrogen (secondary N) is 1. The minimum Gasteiger partial charge on any atom is -0.383 e. The first-order valence-corrected chi connectivity index (χ1v) is 5.83. The van der Waals surface area contributed by atoms with Crippen molar-refractivity contribution in [2.24, 2.45) is 0 Å². The number of benzene rings is 1. The third-order valence-corrected chi connectivity index (χ3v) is 2.52. The van der Waals surface area contributed by atoms with E-state index in [0.29, 0.717) is 13.0 Å². The van der Waals surface area contributed by atoms with Gasteiger partial charge >= 0.3 is 0 Å². The molecule has 0 heterocycles. The van der Waals surface area contributed by atoms with Crippen molar-refractivity contribution in [3.8, 4) is 0 Å². The summed E-state index contributed by atoms with van der Waals surface area (Å²) in [5, 5.41) is 3.31. The summed E-state index contributed by atoms with van der Waals surface area (Å²) in [6.07, 6.45) is 1.66. The van der Waals surface area contributed by atoms with Gasteiger partial charge in [0.2, 0.25) is 0 Å². The number of ether oxygens (including phenoxy) is 1. The van der Waals surface area contributed by atoms with Crippen molar-refractivity contribution in [3.63, 3.8) is 0 Å². The van der Waals surface area contributed by atoms with Crippen LogP contribution in [0.15, 0.2) is 18.2 Å². The molecule has 0 saturated heterocycles. The first-order chi connectivity index (χ1) is 8.17. The highest BCUT2D eigenvalue weighted by atomic mass is 19.2. The third kappa shape index (κ3) is 4.79. The highest BCUT2D eigenvalue weighted by Crippen LogP contribution is 2.10. The Labute approximate surface area is 101 Å². The largest absolute Gasteiger partial charge is 0.383 e. The van der Waals surface area contributed by atoms with Crippen LogP contribution in [-0.2, 0) is 11.2 Å². The van der Waals surface area contributed by atoms with Crippen molar-refractivity contribution >= 4 is 0 Å². The van der Waals surface area contributed by atoms with Crippen molar-refractivity contribution in [2.75, 3.05) is 20.3 Å². The van der Waals surface area contributed by atoms with Crippen molar-refractivity contribution in [2.45, 2.75) is 25.8 Å². The fourth-order valence-electron chi connectivity index (χ4n) is 1.69. The molecule has 1 N–H and O–H groups in total. The highest BCUT2D eigenvalue weighted by Gasteiger charge is 2.10. The Bertz CT molecular complexity index is 344. The minimum absolute atomic E-state index is 0.129. The molecule has 0 saturated carbocycles. The van der Waals surface area contributed by atoms with Gasteiger partial charge in [-0.1, -0.05) is 13.0 Å². The molecule has 1 atom stereocenters. The molecule has 0 aliphatic heterocycles. The average Bonchev–Trinajstić information content (AvgIpc) is 2.31. The summed E-state index contributed by atoms with van der Waals surface area (Å²) >= 11 is 0. The predicted molar refractivity (Wildman–Crippen MR) is 64.0 cm³/mol. The summed E-state index contributed by atoms with van der Waals surface area (Å²) in [4.78, 5) is 0. The molecule has 0 aromatic heterocycles. The molecule has 2 nitrogen and oxygen atoms in total. The van der Waals surface area contributed by atoms with Crippen LogP contribution in [-0.4, -0.2) is 26.3 Å². The fourth-order valence-corrected chi connectivity index (χ4v) is 1.69. The van der Waals surface area contributed by atoms with Gasteiger partial charge in [0.1, 0.15) is 0 Å². The van der Waals surface area contributed by atoms with E-state index in [1.54, 1.807) is 13.2 Å². The Balaban J connectivity index is 2.61. The van der Waals surface area contributed by atoms with Gasteiger partial charge in [0.25, 0.3) is 0 Å². The van der Waals surface area contributed by atoms with Crippen LogP contribution in [0.25, 0.3) is 0 Å². The normalized spacial score (nSPS) is 12.7. The number of rotatable bonds is 7. The van der Waals surface area contributed by atoms with E-state index in [0.717, 1.165) is 24.6 Å². The number of halogens is 2. The SMILES string of the molecule is CCCNC(COC)Cc1ccc(F)c(F)c1. The van der Waals surface area contributed by atoms with Crippen molar-refractivity contribution < 1.29 is 13.5 Å². The lowest BCUT2D eigenvalue weighted by atomic mass is 10.1. The highest BCUT2D eigenvalue weighted by molar-refractivity contribution is 5.18. The lowest BCUT2D eigenvalue weighted by Gasteiger charge is -2.17. The molecule has 1 rings (SSSR count). The van der Waals surface area contributed by atoms with Gasteiger partial charge in [-0.05, 0) is 37.1 Å². The van der Waals surface area contributed by atoms with Crippen molar-refractivity contribution in [1.29, 1.82) is 0 Å². The molecule has 17 heavy (non-hydrogen) atoms. The molecule has 96 valence electrons. The smallest absolute Gasteiger partial charge is 0.159 e. The zero-order valence-electron chi connectivity index (χ0n) is 10.3. The Morgan fingerprint density at radius 3 is 2.65 bits per heavy atom. The zero-order valence-corrected chi connectivity index (χ0v) is 10.3. The quantitative estimate of drug-likeness (QED) is 0.794. The monoisotopic (exact) mass is 243 g/mol. The average molecular weight is 243 g/mol. The Kier molecular flexibility index (Phi) is 6.08. The fraction of sp³-hybridized carbons (Fsp3) is 0.538. The van der Waals surface area contributed by atoms with Gasteiger partial charge in [-0.3, -0.25) is 0 Å². The predicted octanol–water partition coefficient (Wildman–Crippen LogP) is 2.52. The standard InChI is InChI=1S/C13H19F2NO/c1-3-6-16-11(9-17-2)7-10-4-5-12(14)13(15)8-10/h4-5,8,11,16H,3,6-7,9H2,1-2H3. The van der Waals surface area contributed by atoms with Gasteiger partial charge in [-0.15, -0.1) is 0 Å². The van der Waals surface area contributed by atoms with E-state index >= 15 is 0 Å². The Morgan fingerprint density at radius 1 is 1.29 bits per heavy atom. The number of methoxy groups -OCH3 is 1. The van der Waals surface area contributed by atoms with Gasteiger partial charge < -0.3 is 10.1 Å². The summed E-state index contributed by atoms with van der Waals surface area (Å²) in [6, 6.07) is 4.14.